The maximum atomic E-state index is 7.60. The van der Waals surface area contributed by atoms with Crippen molar-refractivity contribution >= 4 is 126 Å². The van der Waals surface area contributed by atoms with Crippen LogP contribution in [-0.4, -0.2) is 13.4 Å². The van der Waals surface area contributed by atoms with Crippen LogP contribution < -0.4 is 71.5 Å². The van der Waals surface area contributed by atoms with Crippen molar-refractivity contribution in [2.24, 2.45) is 0 Å². The number of fused-ring (bicyclic) bond motifs is 10. The Balaban J connectivity index is 0.965. The monoisotopic (exact) mass is 1140 g/mol. The van der Waals surface area contributed by atoms with E-state index >= 15 is 0 Å². The SMILES string of the molecule is C=C/C=C\C=C(/C)N(c1ccccc1)c1cc2c3c(c1)N(c1ccccc1)c1cc4c(cc1B3c1cc3c(cc1O2)N(c1ccccc1)c1ccccc1O3)B1c2ccccc2Oc2cc(N(c3ccccc3)c3ccccc3)cc(c21)N4c1ccccc1. The summed E-state index contributed by atoms with van der Waals surface area (Å²) >= 11 is 0. The minimum Gasteiger partial charge on any atom is -0.458 e. The molecule has 5 heterocycles. The van der Waals surface area contributed by atoms with Crippen molar-refractivity contribution in [1.29, 1.82) is 0 Å². The zero-order chi connectivity index (χ0) is 59.1. The molecule has 0 saturated carbocycles. The normalized spacial score (nSPS) is 13.4. The van der Waals surface area contributed by atoms with Gasteiger partial charge < -0.3 is 38.7 Å². The molecule has 0 atom stereocenters. The predicted octanol–water partition coefficient (Wildman–Crippen LogP) is 17.3. The highest BCUT2D eigenvalue weighted by Gasteiger charge is 2.48. The van der Waals surface area contributed by atoms with Crippen LogP contribution in [0.3, 0.4) is 0 Å². The summed E-state index contributed by atoms with van der Waals surface area (Å²) in [5, 5.41) is 0. The molecule has 5 aliphatic rings. The zero-order valence-electron chi connectivity index (χ0n) is 48.7. The number of benzene rings is 12. The summed E-state index contributed by atoms with van der Waals surface area (Å²) in [6.07, 6.45) is 7.95. The van der Waals surface area contributed by atoms with Gasteiger partial charge in [-0.05, 0) is 161 Å². The van der Waals surface area contributed by atoms with Gasteiger partial charge in [-0.1, -0.05) is 170 Å². The summed E-state index contributed by atoms with van der Waals surface area (Å²) in [6.45, 7) is 5.58. The number of allylic oxidation sites excluding steroid dienone is 5. The first-order valence-corrected chi connectivity index (χ1v) is 30.2. The molecule has 12 aromatic rings. The van der Waals surface area contributed by atoms with E-state index in [1.165, 1.54) is 0 Å². The topological polar surface area (TPSA) is 43.9 Å². The first kappa shape index (κ1) is 51.8. The molecule has 10 heteroatoms. The van der Waals surface area contributed by atoms with E-state index < -0.39 is 0 Å². The molecule has 0 N–H and O–H groups in total. The summed E-state index contributed by atoms with van der Waals surface area (Å²) < 4.78 is 21.9. The number of anilines is 14. The molecule has 0 amide bonds. The van der Waals surface area contributed by atoms with Crippen LogP contribution >= 0.6 is 0 Å². The van der Waals surface area contributed by atoms with E-state index in [9.17, 15) is 0 Å². The van der Waals surface area contributed by atoms with Crippen LogP contribution in [0.25, 0.3) is 0 Å². The van der Waals surface area contributed by atoms with Gasteiger partial charge in [-0.3, -0.25) is 0 Å². The number of rotatable bonds is 11. The summed E-state index contributed by atoms with van der Waals surface area (Å²) in [5.74, 6) is 4.68. The molecule has 17 rings (SSSR count). The first-order chi connectivity index (χ1) is 44.0. The predicted molar refractivity (Wildman–Crippen MR) is 369 cm³/mol. The van der Waals surface area contributed by atoms with Gasteiger partial charge in [0.2, 0.25) is 0 Å². The van der Waals surface area contributed by atoms with Crippen LogP contribution in [0.15, 0.2) is 316 Å². The third-order valence-electron chi connectivity index (χ3n) is 17.7. The van der Waals surface area contributed by atoms with Crippen LogP contribution in [0.4, 0.5) is 79.6 Å². The van der Waals surface area contributed by atoms with E-state index in [4.69, 9.17) is 14.2 Å². The van der Waals surface area contributed by atoms with E-state index in [2.05, 4.69) is 317 Å². The average molecular weight is 1140 g/mol. The van der Waals surface area contributed by atoms with Gasteiger partial charge in [0.15, 0.2) is 11.5 Å². The molecule has 0 unspecified atom stereocenters. The Morgan fingerprint density at radius 2 is 0.798 bits per heavy atom. The van der Waals surface area contributed by atoms with Crippen LogP contribution in [0.5, 0.6) is 34.5 Å². The minimum atomic E-state index is -0.333. The minimum absolute atomic E-state index is 0.221. The van der Waals surface area contributed by atoms with Crippen LogP contribution in [0, 0.1) is 0 Å². The fraction of sp³-hybridized carbons (Fsp3) is 0.0127. The van der Waals surface area contributed by atoms with Gasteiger partial charge in [0.1, 0.15) is 23.0 Å². The third kappa shape index (κ3) is 8.47. The van der Waals surface area contributed by atoms with Gasteiger partial charge >= 0.3 is 0 Å². The molecule has 0 radical (unpaired) electrons. The molecule has 0 fully saturated rings. The quantitative estimate of drug-likeness (QED) is 0.0938. The fourth-order valence-corrected chi connectivity index (χ4v) is 14.1. The smallest absolute Gasteiger partial charge is 0.256 e. The van der Waals surface area contributed by atoms with Crippen molar-refractivity contribution in [3.05, 3.63) is 316 Å². The highest BCUT2D eigenvalue weighted by Crippen LogP contribution is 2.54. The molecule has 420 valence electrons. The number of hydrogen-bond donors (Lipinski definition) is 0. The number of nitrogens with zero attached hydrogens (tertiary/aromatic N) is 5. The van der Waals surface area contributed by atoms with Crippen LogP contribution in [0.1, 0.15) is 6.92 Å². The molecule has 0 bridgehead atoms. The van der Waals surface area contributed by atoms with Crippen LogP contribution in [0.2, 0.25) is 0 Å². The second kappa shape index (κ2) is 21.1. The standard InChI is InChI=1S/C79H55B2N5O3/c1-3-4-11-28-53(2)82(54-29-12-5-13-30-54)60-45-70-79-77(47-60)89-74-52-69-75(88-73-44-27-25-42-66(73)84(69)57-35-18-8-19-36-57)50-65(74)81(79)64-49-63-67(51-68(64)86(70)59-39-22-10-23-40-59)85(58-37-20-9-21-38-58)71-46-61(48-76-78(71)80(63)62-41-24-26-43-72(62)87-76)83(55-31-14-6-15-32-55)56-33-16-7-17-34-56/h3-52H,1H2,2H3/b11-4-,53-28+. The van der Waals surface area contributed by atoms with E-state index in [-0.39, 0.29) is 13.4 Å². The van der Waals surface area contributed by atoms with Crippen molar-refractivity contribution < 1.29 is 14.2 Å². The molecular formula is C79H55B2N5O3. The molecule has 8 nitrogen and oxygen atoms in total. The van der Waals surface area contributed by atoms with Crippen molar-refractivity contribution in [3.63, 3.8) is 0 Å². The average Bonchev–Trinajstić information content (AvgIpc) is 0.739. The number of ether oxygens (including phenoxy) is 3. The maximum absolute atomic E-state index is 7.60. The van der Waals surface area contributed by atoms with Gasteiger partial charge in [-0.25, -0.2) is 0 Å². The van der Waals surface area contributed by atoms with Crippen molar-refractivity contribution in [3.8, 4) is 34.5 Å². The molecule has 0 spiro atoms. The number of para-hydroxylation sites is 9. The maximum Gasteiger partial charge on any atom is 0.256 e. The Morgan fingerprint density at radius 1 is 0.337 bits per heavy atom. The van der Waals surface area contributed by atoms with E-state index in [0.717, 1.165) is 153 Å². The van der Waals surface area contributed by atoms with Gasteiger partial charge in [0.05, 0.1) is 22.7 Å². The Bertz CT molecular complexity index is 4800. The van der Waals surface area contributed by atoms with E-state index in [1.807, 2.05) is 18.2 Å². The largest absolute Gasteiger partial charge is 0.458 e. The lowest BCUT2D eigenvalue weighted by Crippen LogP contribution is -2.63. The highest BCUT2D eigenvalue weighted by atomic mass is 16.5. The summed E-state index contributed by atoms with van der Waals surface area (Å²) in [5.41, 5.74) is 21.6. The summed E-state index contributed by atoms with van der Waals surface area (Å²) in [4.78, 5) is 11.9. The van der Waals surface area contributed by atoms with Gasteiger partial charge in [0, 0.05) is 80.8 Å². The van der Waals surface area contributed by atoms with Crippen molar-refractivity contribution in [2.45, 2.75) is 6.92 Å². The molecular weight excluding hydrogens is 1090 g/mol. The van der Waals surface area contributed by atoms with E-state index in [1.54, 1.807) is 6.08 Å². The van der Waals surface area contributed by atoms with Gasteiger partial charge in [-0.15, -0.1) is 0 Å². The Morgan fingerprint density at radius 3 is 1.38 bits per heavy atom. The van der Waals surface area contributed by atoms with Crippen LogP contribution in [-0.2, 0) is 0 Å². The number of hydrogen-bond acceptors (Lipinski definition) is 8. The third-order valence-corrected chi connectivity index (χ3v) is 17.7. The summed E-state index contributed by atoms with van der Waals surface area (Å²) in [6, 6.07) is 99.5. The Kier molecular flexibility index (Phi) is 12.3. The van der Waals surface area contributed by atoms with Gasteiger partial charge in [-0.2, -0.15) is 0 Å². The Hall–Kier alpha value is -11.6. The van der Waals surface area contributed by atoms with Crippen molar-refractivity contribution in [2.75, 3.05) is 24.5 Å². The molecule has 0 saturated heterocycles. The zero-order valence-corrected chi connectivity index (χ0v) is 48.7. The second-order valence-electron chi connectivity index (χ2n) is 22.9. The lowest BCUT2D eigenvalue weighted by atomic mass is 9.31. The molecule has 0 aromatic heterocycles. The lowest BCUT2D eigenvalue weighted by molar-refractivity contribution is 0.468. The highest BCUT2D eigenvalue weighted by molar-refractivity contribution is 7.02. The molecule has 0 aliphatic carbocycles. The summed E-state index contributed by atoms with van der Waals surface area (Å²) in [7, 11) is 0. The first-order valence-electron chi connectivity index (χ1n) is 30.2. The van der Waals surface area contributed by atoms with E-state index in [0.29, 0.717) is 0 Å². The Labute approximate surface area is 518 Å². The lowest BCUT2D eigenvalue weighted by Gasteiger charge is -2.45. The fourth-order valence-electron chi connectivity index (χ4n) is 14.1. The molecule has 5 aliphatic heterocycles. The van der Waals surface area contributed by atoms with Crippen molar-refractivity contribution in [1.82, 2.24) is 0 Å². The molecule has 12 aromatic carbocycles. The molecule has 89 heavy (non-hydrogen) atoms. The van der Waals surface area contributed by atoms with Gasteiger partial charge in [0.25, 0.3) is 13.4 Å². The second-order valence-corrected chi connectivity index (χ2v) is 22.9.